The van der Waals surface area contributed by atoms with Gasteiger partial charge in [-0.25, -0.2) is 0 Å². The average molecular weight is 729 g/mol. The van der Waals surface area contributed by atoms with Gasteiger partial charge in [0.05, 0.1) is 11.0 Å². The molecule has 11 rings (SSSR count). The van der Waals surface area contributed by atoms with Crippen LogP contribution in [0.1, 0.15) is 0 Å². The fraction of sp³-hybridized carbons (Fsp3) is 0. The second kappa shape index (κ2) is 13.6. The Hall–Kier alpha value is -7.62. The third-order valence-corrected chi connectivity index (χ3v) is 11.2. The quantitative estimate of drug-likeness (QED) is 0.163. The number of anilines is 3. The SMILES string of the molecule is c1ccc(N(c2ccc(-c3ccc(-c4cccc(-n5c6ccccc6c6ccccc65)c4)cc3)cc2)c2cccc(-c3ccc4c(c3)oc3ccccc34)c2)cc1. The molecule has 0 saturated carbocycles. The van der Waals surface area contributed by atoms with Gasteiger partial charge in [-0.1, -0.05) is 140 Å². The first kappa shape index (κ1) is 32.8. The van der Waals surface area contributed by atoms with E-state index in [-0.39, 0.29) is 0 Å². The van der Waals surface area contributed by atoms with Crippen LogP contribution < -0.4 is 4.90 Å². The lowest BCUT2D eigenvalue weighted by atomic mass is 9.99. The van der Waals surface area contributed by atoms with E-state index in [2.05, 4.69) is 216 Å². The molecule has 57 heavy (non-hydrogen) atoms. The zero-order valence-electron chi connectivity index (χ0n) is 31.1. The molecule has 3 heteroatoms. The Morgan fingerprint density at radius 1 is 0.298 bits per heavy atom. The smallest absolute Gasteiger partial charge is 0.136 e. The van der Waals surface area contributed by atoms with Crippen molar-refractivity contribution in [1.82, 2.24) is 4.57 Å². The van der Waals surface area contributed by atoms with Crippen molar-refractivity contribution in [3.63, 3.8) is 0 Å². The van der Waals surface area contributed by atoms with Crippen molar-refractivity contribution in [3.8, 4) is 39.1 Å². The van der Waals surface area contributed by atoms with Crippen LogP contribution >= 0.6 is 0 Å². The van der Waals surface area contributed by atoms with Gasteiger partial charge in [-0.15, -0.1) is 0 Å². The summed E-state index contributed by atoms with van der Waals surface area (Å²) >= 11 is 0. The van der Waals surface area contributed by atoms with Crippen molar-refractivity contribution in [3.05, 3.63) is 218 Å². The van der Waals surface area contributed by atoms with Gasteiger partial charge in [0.1, 0.15) is 11.2 Å². The van der Waals surface area contributed by atoms with Crippen LogP contribution in [0.2, 0.25) is 0 Å². The van der Waals surface area contributed by atoms with Crippen LogP contribution in [-0.4, -0.2) is 4.57 Å². The molecule has 2 heterocycles. The molecule has 268 valence electrons. The van der Waals surface area contributed by atoms with E-state index in [1.54, 1.807) is 0 Å². The highest BCUT2D eigenvalue weighted by Crippen LogP contribution is 2.39. The van der Waals surface area contributed by atoms with E-state index in [9.17, 15) is 0 Å². The van der Waals surface area contributed by atoms with E-state index in [4.69, 9.17) is 4.42 Å². The lowest BCUT2D eigenvalue weighted by Gasteiger charge is -2.26. The van der Waals surface area contributed by atoms with Crippen molar-refractivity contribution < 1.29 is 4.42 Å². The third-order valence-electron chi connectivity index (χ3n) is 11.2. The Kier molecular flexibility index (Phi) is 7.82. The zero-order chi connectivity index (χ0) is 37.7. The number of fused-ring (bicyclic) bond motifs is 6. The monoisotopic (exact) mass is 728 g/mol. The number of nitrogens with zero attached hydrogens (tertiary/aromatic N) is 2. The summed E-state index contributed by atoms with van der Waals surface area (Å²) in [6.07, 6.45) is 0. The molecule has 2 aromatic heterocycles. The summed E-state index contributed by atoms with van der Waals surface area (Å²) in [5.74, 6) is 0. The maximum atomic E-state index is 6.24. The molecule has 11 aromatic rings. The minimum atomic E-state index is 0.899. The fourth-order valence-corrected chi connectivity index (χ4v) is 8.44. The predicted molar refractivity (Wildman–Crippen MR) is 239 cm³/mol. The first-order valence-electron chi connectivity index (χ1n) is 19.4. The molecule has 0 amide bonds. The largest absolute Gasteiger partial charge is 0.456 e. The van der Waals surface area contributed by atoms with Crippen LogP contribution in [0.3, 0.4) is 0 Å². The number of furan rings is 1. The van der Waals surface area contributed by atoms with Gasteiger partial charge >= 0.3 is 0 Å². The number of para-hydroxylation sites is 4. The maximum Gasteiger partial charge on any atom is 0.136 e. The summed E-state index contributed by atoms with van der Waals surface area (Å²) in [4.78, 5) is 2.32. The summed E-state index contributed by atoms with van der Waals surface area (Å²) in [5.41, 5.74) is 15.7. The molecule has 0 unspecified atom stereocenters. The van der Waals surface area contributed by atoms with Crippen molar-refractivity contribution in [2.45, 2.75) is 0 Å². The molecular formula is C54H36N2O. The molecule has 0 fully saturated rings. The molecule has 0 bridgehead atoms. The molecule has 0 N–H and O–H groups in total. The van der Waals surface area contributed by atoms with Gasteiger partial charge in [-0.2, -0.15) is 0 Å². The van der Waals surface area contributed by atoms with Crippen LogP contribution in [-0.2, 0) is 0 Å². The number of hydrogen-bond donors (Lipinski definition) is 0. The highest BCUT2D eigenvalue weighted by molar-refractivity contribution is 6.09. The summed E-state index contributed by atoms with van der Waals surface area (Å²) in [5, 5.41) is 4.82. The van der Waals surface area contributed by atoms with E-state index < -0.39 is 0 Å². The molecule has 0 saturated heterocycles. The Labute approximate surface area is 330 Å². The van der Waals surface area contributed by atoms with Crippen LogP contribution in [0.5, 0.6) is 0 Å². The number of rotatable bonds is 7. The van der Waals surface area contributed by atoms with Crippen LogP contribution in [0.25, 0.3) is 82.8 Å². The molecule has 0 spiro atoms. The van der Waals surface area contributed by atoms with Gasteiger partial charge in [0.25, 0.3) is 0 Å². The van der Waals surface area contributed by atoms with E-state index in [0.717, 1.165) is 55.8 Å². The minimum Gasteiger partial charge on any atom is -0.456 e. The van der Waals surface area contributed by atoms with Gasteiger partial charge in [0, 0.05) is 44.3 Å². The van der Waals surface area contributed by atoms with Crippen molar-refractivity contribution in [2.24, 2.45) is 0 Å². The summed E-state index contributed by atoms with van der Waals surface area (Å²) in [6.45, 7) is 0. The molecule has 0 aliphatic heterocycles. The normalized spacial score (nSPS) is 11.5. The second-order valence-electron chi connectivity index (χ2n) is 14.6. The van der Waals surface area contributed by atoms with E-state index >= 15 is 0 Å². The Bertz CT molecular complexity index is 3170. The Morgan fingerprint density at radius 2 is 0.789 bits per heavy atom. The van der Waals surface area contributed by atoms with Gasteiger partial charge < -0.3 is 13.9 Å². The average Bonchev–Trinajstić information content (AvgIpc) is 3.83. The van der Waals surface area contributed by atoms with Crippen molar-refractivity contribution >= 4 is 60.8 Å². The van der Waals surface area contributed by atoms with Gasteiger partial charge in [-0.05, 0) is 112 Å². The molecule has 0 aliphatic rings. The van der Waals surface area contributed by atoms with E-state index in [1.807, 2.05) is 12.1 Å². The predicted octanol–water partition coefficient (Wildman–Crippen LogP) is 15.2. The van der Waals surface area contributed by atoms with Crippen molar-refractivity contribution in [2.75, 3.05) is 4.90 Å². The van der Waals surface area contributed by atoms with Gasteiger partial charge in [0.2, 0.25) is 0 Å². The maximum absolute atomic E-state index is 6.24. The number of aromatic nitrogens is 1. The zero-order valence-corrected chi connectivity index (χ0v) is 31.1. The van der Waals surface area contributed by atoms with Crippen molar-refractivity contribution in [1.29, 1.82) is 0 Å². The van der Waals surface area contributed by atoms with E-state index in [0.29, 0.717) is 0 Å². The number of benzene rings is 9. The molecule has 9 aromatic carbocycles. The molecule has 0 radical (unpaired) electrons. The lowest BCUT2D eigenvalue weighted by Crippen LogP contribution is -2.09. The molecule has 0 atom stereocenters. The standard InChI is InChI=1S/C54H36N2O/c1-2-14-43(15-3-1)55(45-16-11-13-41(35-45)42-30-33-50-49-20-6-9-23-53(49)57-54(50)36-42)44-31-28-38(29-32-44)37-24-26-39(27-25-37)40-12-10-17-46(34-40)56-51-21-7-4-18-47(51)48-19-5-8-22-52(48)56/h1-36H. The third kappa shape index (κ3) is 5.76. The minimum absolute atomic E-state index is 0.899. The van der Waals surface area contributed by atoms with Gasteiger partial charge in [-0.3, -0.25) is 0 Å². The first-order valence-corrected chi connectivity index (χ1v) is 19.4. The molecule has 3 nitrogen and oxygen atoms in total. The summed E-state index contributed by atoms with van der Waals surface area (Å²) in [7, 11) is 0. The van der Waals surface area contributed by atoms with Crippen LogP contribution in [0.4, 0.5) is 17.1 Å². The molecule has 0 aliphatic carbocycles. The first-order chi connectivity index (χ1) is 28.2. The summed E-state index contributed by atoms with van der Waals surface area (Å²) < 4.78 is 8.62. The van der Waals surface area contributed by atoms with Gasteiger partial charge in [0.15, 0.2) is 0 Å². The second-order valence-corrected chi connectivity index (χ2v) is 14.6. The highest BCUT2D eigenvalue weighted by Gasteiger charge is 2.16. The lowest BCUT2D eigenvalue weighted by molar-refractivity contribution is 0.669. The van der Waals surface area contributed by atoms with E-state index in [1.165, 1.54) is 44.1 Å². The topological polar surface area (TPSA) is 21.3 Å². The highest BCUT2D eigenvalue weighted by atomic mass is 16.3. The Balaban J connectivity index is 0.897. The summed E-state index contributed by atoms with van der Waals surface area (Å²) in [6, 6.07) is 78.1. The Morgan fingerprint density at radius 3 is 1.51 bits per heavy atom. The molecular weight excluding hydrogens is 693 g/mol. The fourth-order valence-electron chi connectivity index (χ4n) is 8.44. The van der Waals surface area contributed by atoms with Crippen LogP contribution in [0.15, 0.2) is 223 Å². The van der Waals surface area contributed by atoms with Crippen LogP contribution in [0, 0.1) is 0 Å². The number of hydrogen-bond acceptors (Lipinski definition) is 2.